The molecule has 3 heterocycles. The zero-order chi connectivity index (χ0) is 14.3. The van der Waals surface area contributed by atoms with Crippen LogP contribution in [0.15, 0.2) is 11.0 Å². The lowest BCUT2D eigenvalue weighted by atomic mass is 10.1. The number of aromatic nitrogens is 4. The molecule has 3 rings (SSSR count). The molecular weight excluding hydrogens is 286 g/mol. The summed E-state index contributed by atoms with van der Waals surface area (Å²) < 4.78 is 1.47. The molecule has 0 radical (unpaired) electrons. The first-order chi connectivity index (χ1) is 9.56. The molecule has 9 heteroatoms. The highest BCUT2D eigenvalue weighted by molar-refractivity contribution is 6.28. The van der Waals surface area contributed by atoms with Gasteiger partial charge in [-0.25, -0.2) is 14.6 Å². The summed E-state index contributed by atoms with van der Waals surface area (Å²) in [7, 11) is 0. The van der Waals surface area contributed by atoms with E-state index in [0.29, 0.717) is 24.1 Å². The van der Waals surface area contributed by atoms with Crippen LogP contribution in [0.3, 0.4) is 0 Å². The average Bonchev–Trinajstić information content (AvgIpc) is 2.74. The van der Waals surface area contributed by atoms with Gasteiger partial charge in [0.25, 0.3) is 0 Å². The number of carbonyl (C=O) groups is 1. The van der Waals surface area contributed by atoms with Gasteiger partial charge in [-0.15, -0.1) is 0 Å². The number of piperidine rings is 1. The van der Waals surface area contributed by atoms with Crippen LogP contribution in [0.25, 0.3) is 11.2 Å². The van der Waals surface area contributed by atoms with Crippen molar-refractivity contribution in [2.75, 3.05) is 13.1 Å². The van der Waals surface area contributed by atoms with E-state index >= 15 is 0 Å². The van der Waals surface area contributed by atoms with Gasteiger partial charge >= 0.3 is 11.8 Å². The van der Waals surface area contributed by atoms with Crippen molar-refractivity contribution in [3.63, 3.8) is 0 Å². The van der Waals surface area contributed by atoms with E-state index in [-0.39, 0.29) is 23.6 Å². The monoisotopic (exact) mass is 297 g/mol. The van der Waals surface area contributed by atoms with E-state index in [0.717, 1.165) is 6.42 Å². The number of rotatable bonds is 1. The topological polar surface area (TPSA) is 104 Å². The van der Waals surface area contributed by atoms with Crippen molar-refractivity contribution < 1.29 is 9.90 Å². The second kappa shape index (κ2) is 4.78. The Bertz CT molecular complexity index is 724. The number of nitrogens with zero attached hydrogens (tertiary/aromatic N) is 4. The summed E-state index contributed by atoms with van der Waals surface area (Å²) in [6, 6.07) is -0.243. The summed E-state index contributed by atoms with van der Waals surface area (Å²) in [6.45, 7) is 0.752. The number of amides is 1. The molecule has 0 aliphatic carbocycles. The van der Waals surface area contributed by atoms with Crippen LogP contribution in [0.2, 0.25) is 5.28 Å². The minimum Gasteiger partial charge on any atom is -0.465 e. The van der Waals surface area contributed by atoms with E-state index in [2.05, 4.69) is 15.0 Å². The Morgan fingerprint density at radius 2 is 2.35 bits per heavy atom. The number of H-pyrrole nitrogens is 1. The van der Waals surface area contributed by atoms with E-state index in [9.17, 15) is 9.59 Å². The first-order valence-corrected chi connectivity index (χ1v) is 6.54. The molecule has 1 atom stereocenters. The maximum Gasteiger partial charge on any atom is 0.407 e. The Hall–Kier alpha value is -2.09. The molecule has 0 bridgehead atoms. The fraction of sp³-hybridized carbons (Fsp3) is 0.455. The lowest BCUT2D eigenvalue weighted by Gasteiger charge is -2.31. The fourth-order valence-electron chi connectivity index (χ4n) is 2.57. The minimum absolute atomic E-state index is 0.0520. The zero-order valence-electron chi connectivity index (χ0n) is 10.4. The fourth-order valence-corrected chi connectivity index (χ4v) is 2.70. The summed E-state index contributed by atoms with van der Waals surface area (Å²) in [4.78, 5) is 35.0. The Labute approximate surface area is 118 Å². The molecule has 1 amide bonds. The van der Waals surface area contributed by atoms with Crippen LogP contribution < -0.4 is 5.69 Å². The number of likely N-dealkylation sites (tertiary alicyclic amines) is 1. The maximum absolute atomic E-state index is 12.1. The van der Waals surface area contributed by atoms with Gasteiger partial charge in [0, 0.05) is 13.1 Å². The van der Waals surface area contributed by atoms with E-state index in [1.165, 1.54) is 15.7 Å². The summed E-state index contributed by atoms with van der Waals surface area (Å²) in [5, 5.41) is 9.12. The van der Waals surface area contributed by atoms with E-state index in [1.54, 1.807) is 0 Å². The van der Waals surface area contributed by atoms with E-state index < -0.39 is 6.09 Å². The highest BCUT2D eigenvalue weighted by Gasteiger charge is 2.27. The predicted molar refractivity (Wildman–Crippen MR) is 71.0 cm³/mol. The molecule has 2 aromatic heterocycles. The molecule has 8 nitrogen and oxygen atoms in total. The van der Waals surface area contributed by atoms with E-state index in [1.807, 2.05) is 0 Å². The molecule has 20 heavy (non-hydrogen) atoms. The van der Waals surface area contributed by atoms with Crippen LogP contribution in [-0.4, -0.2) is 48.7 Å². The second-order valence-electron chi connectivity index (χ2n) is 4.70. The van der Waals surface area contributed by atoms with Crippen LogP contribution >= 0.6 is 11.6 Å². The molecule has 1 aliphatic rings. The molecule has 0 aromatic carbocycles. The Balaban J connectivity index is 2.05. The third-order valence-corrected chi connectivity index (χ3v) is 3.64. The summed E-state index contributed by atoms with van der Waals surface area (Å²) in [5.74, 6) is 0. The van der Waals surface area contributed by atoms with Crippen molar-refractivity contribution in [1.82, 2.24) is 24.4 Å². The number of carboxylic acid groups (broad SMARTS) is 1. The first-order valence-electron chi connectivity index (χ1n) is 6.17. The van der Waals surface area contributed by atoms with Crippen molar-refractivity contribution in [3.05, 3.63) is 22.0 Å². The number of nitrogens with one attached hydrogen (secondary N) is 1. The van der Waals surface area contributed by atoms with Crippen molar-refractivity contribution in [1.29, 1.82) is 0 Å². The molecule has 1 saturated heterocycles. The summed E-state index contributed by atoms with van der Waals surface area (Å²) in [6.07, 6.45) is 1.89. The van der Waals surface area contributed by atoms with Crippen LogP contribution in [0, 0.1) is 0 Å². The molecule has 1 aliphatic heterocycles. The zero-order valence-corrected chi connectivity index (χ0v) is 11.2. The van der Waals surface area contributed by atoms with E-state index in [4.69, 9.17) is 16.7 Å². The van der Waals surface area contributed by atoms with Gasteiger partial charge in [-0.1, -0.05) is 0 Å². The van der Waals surface area contributed by atoms with Gasteiger partial charge in [-0.05, 0) is 24.4 Å². The highest BCUT2D eigenvalue weighted by Crippen LogP contribution is 2.23. The third kappa shape index (κ3) is 2.11. The second-order valence-corrected chi connectivity index (χ2v) is 5.04. The van der Waals surface area contributed by atoms with Gasteiger partial charge in [0.05, 0.1) is 12.2 Å². The molecule has 2 N–H and O–H groups in total. The number of aromatic amines is 1. The largest absolute Gasteiger partial charge is 0.465 e. The van der Waals surface area contributed by atoms with Gasteiger partial charge in [0.1, 0.15) is 5.52 Å². The quantitative estimate of drug-likeness (QED) is 0.767. The molecule has 0 saturated carbocycles. The smallest absolute Gasteiger partial charge is 0.407 e. The van der Waals surface area contributed by atoms with Gasteiger partial charge in [-0.2, -0.15) is 4.98 Å². The number of hydrogen-bond acceptors (Lipinski definition) is 4. The number of halogens is 1. The normalized spacial score (nSPS) is 19.4. The SMILES string of the molecule is O=C(O)N1CCC[C@@H](n2c(=O)[nH]c3cnc(Cl)nc32)C1. The predicted octanol–water partition coefficient (Wildman–Crippen LogP) is 1.09. The molecule has 0 unspecified atom stereocenters. The number of hydrogen-bond donors (Lipinski definition) is 2. The summed E-state index contributed by atoms with van der Waals surface area (Å²) in [5.41, 5.74) is 0.577. The molecule has 2 aromatic rings. The van der Waals surface area contributed by atoms with Crippen LogP contribution in [0.5, 0.6) is 0 Å². The Morgan fingerprint density at radius 3 is 3.10 bits per heavy atom. The van der Waals surface area contributed by atoms with Crippen molar-refractivity contribution >= 4 is 28.9 Å². The van der Waals surface area contributed by atoms with Crippen molar-refractivity contribution in [3.8, 4) is 0 Å². The highest BCUT2D eigenvalue weighted by atomic mass is 35.5. The Kier molecular flexibility index (Phi) is 3.09. The lowest BCUT2D eigenvalue weighted by Crippen LogP contribution is -2.41. The third-order valence-electron chi connectivity index (χ3n) is 3.46. The van der Waals surface area contributed by atoms with Gasteiger partial charge in [0.15, 0.2) is 5.65 Å². The Morgan fingerprint density at radius 1 is 1.55 bits per heavy atom. The number of imidazole rings is 1. The molecule has 106 valence electrons. The minimum atomic E-state index is -0.977. The van der Waals surface area contributed by atoms with Crippen LogP contribution in [0.1, 0.15) is 18.9 Å². The van der Waals surface area contributed by atoms with Crippen molar-refractivity contribution in [2.45, 2.75) is 18.9 Å². The van der Waals surface area contributed by atoms with Crippen LogP contribution in [-0.2, 0) is 0 Å². The molecular formula is C11H12ClN5O3. The lowest BCUT2D eigenvalue weighted by molar-refractivity contribution is 0.121. The van der Waals surface area contributed by atoms with Gasteiger partial charge < -0.3 is 15.0 Å². The maximum atomic E-state index is 12.1. The first kappa shape index (κ1) is 12.9. The average molecular weight is 298 g/mol. The van der Waals surface area contributed by atoms with Gasteiger partial charge in [0.2, 0.25) is 5.28 Å². The van der Waals surface area contributed by atoms with Crippen molar-refractivity contribution in [2.24, 2.45) is 0 Å². The number of fused-ring (bicyclic) bond motifs is 1. The standard InChI is InChI=1S/C11H12ClN5O3/c12-9-13-4-7-8(15-9)17(10(18)14-7)6-2-1-3-16(5-6)11(19)20/h4,6H,1-3,5H2,(H,14,18)(H,19,20)/t6-/m1/s1. The molecule has 1 fully saturated rings. The van der Waals surface area contributed by atoms with Gasteiger partial charge in [-0.3, -0.25) is 4.57 Å². The summed E-state index contributed by atoms with van der Waals surface area (Å²) >= 11 is 5.76. The molecule has 0 spiro atoms. The van der Waals surface area contributed by atoms with Crippen LogP contribution in [0.4, 0.5) is 4.79 Å².